The van der Waals surface area contributed by atoms with Crippen LogP contribution >= 0.6 is 11.6 Å². The first-order chi connectivity index (χ1) is 13.2. The average molecular weight is 385 g/mol. The molecule has 8 nitrogen and oxygen atoms in total. The summed E-state index contributed by atoms with van der Waals surface area (Å²) in [5.41, 5.74) is 3.53. The van der Waals surface area contributed by atoms with Gasteiger partial charge in [-0.3, -0.25) is 4.57 Å². The predicted molar refractivity (Wildman–Crippen MR) is 99.4 cm³/mol. The second kappa shape index (κ2) is 6.17. The lowest BCUT2D eigenvalue weighted by Gasteiger charge is -2.10. The lowest BCUT2D eigenvalue weighted by Crippen LogP contribution is -2.14. The van der Waals surface area contributed by atoms with E-state index >= 15 is 0 Å². The third-order valence-electron chi connectivity index (χ3n) is 4.74. The molecule has 1 atom stereocenters. The molecule has 0 bridgehead atoms. The van der Waals surface area contributed by atoms with Gasteiger partial charge in [-0.2, -0.15) is 0 Å². The second-order valence-electron chi connectivity index (χ2n) is 6.60. The number of ether oxygens (including phenoxy) is 2. The maximum Gasteiger partial charge on any atom is 0.237 e. The normalized spacial score (nSPS) is 17.6. The highest BCUT2D eigenvalue weighted by molar-refractivity contribution is 6.31. The Morgan fingerprint density at radius 3 is 3.00 bits per heavy atom. The number of aliphatic imine (C=N–C) groups is 1. The summed E-state index contributed by atoms with van der Waals surface area (Å²) in [6, 6.07) is 5.72. The number of halogens is 1. The van der Waals surface area contributed by atoms with E-state index in [4.69, 9.17) is 21.1 Å². The van der Waals surface area contributed by atoms with E-state index in [1.165, 1.54) is 0 Å². The Kier molecular flexibility index (Phi) is 3.76. The highest BCUT2D eigenvalue weighted by Gasteiger charge is 2.29. The van der Waals surface area contributed by atoms with E-state index in [2.05, 4.69) is 20.2 Å². The summed E-state index contributed by atoms with van der Waals surface area (Å²) in [7, 11) is 1.64. The Balaban J connectivity index is 1.74. The minimum atomic E-state index is 0.0590. The van der Waals surface area contributed by atoms with Crippen LogP contribution in [-0.4, -0.2) is 50.0 Å². The number of nitrogens with zero attached hydrogens (tertiary/aromatic N) is 6. The van der Waals surface area contributed by atoms with Crippen LogP contribution in [0.2, 0.25) is 5.02 Å². The molecular formula is C18H17ClN6O2. The number of methoxy groups -OCH3 is 1. The lowest BCUT2D eigenvalue weighted by atomic mass is 10.1. The lowest BCUT2D eigenvalue weighted by molar-refractivity contribution is 0.174. The van der Waals surface area contributed by atoms with Crippen molar-refractivity contribution in [3.63, 3.8) is 0 Å². The molecule has 0 N–H and O–H groups in total. The van der Waals surface area contributed by atoms with Crippen molar-refractivity contribution in [1.82, 2.24) is 24.3 Å². The Hall–Kier alpha value is -2.71. The molecular weight excluding hydrogens is 368 g/mol. The molecule has 2 aromatic heterocycles. The third kappa shape index (κ3) is 2.55. The summed E-state index contributed by atoms with van der Waals surface area (Å²) in [6.07, 6.45) is 1.85. The highest BCUT2D eigenvalue weighted by atomic mass is 35.5. The van der Waals surface area contributed by atoms with Gasteiger partial charge in [-0.05, 0) is 25.1 Å². The summed E-state index contributed by atoms with van der Waals surface area (Å²) in [6.45, 7) is 3.53. The molecule has 27 heavy (non-hydrogen) atoms. The van der Waals surface area contributed by atoms with Crippen molar-refractivity contribution in [3.05, 3.63) is 46.8 Å². The first-order valence-corrected chi connectivity index (χ1v) is 9.02. The van der Waals surface area contributed by atoms with Crippen LogP contribution in [0.15, 0.2) is 29.5 Å². The van der Waals surface area contributed by atoms with Crippen LogP contribution in [0.25, 0.3) is 17.1 Å². The molecule has 3 aromatic rings. The van der Waals surface area contributed by atoms with Crippen LogP contribution in [0.3, 0.4) is 0 Å². The molecule has 1 aromatic carbocycles. The van der Waals surface area contributed by atoms with Crippen molar-refractivity contribution in [2.24, 2.45) is 4.99 Å². The fraction of sp³-hybridized carbons (Fsp3) is 0.333. The van der Waals surface area contributed by atoms with E-state index in [0.717, 1.165) is 34.3 Å². The fourth-order valence-electron chi connectivity index (χ4n) is 3.50. The molecule has 0 saturated heterocycles. The maximum atomic E-state index is 6.27. The van der Waals surface area contributed by atoms with Gasteiger partial charge in [0.2, 0.25) is 5.90 Å². The van der Waals surface area contributed by atoms with Crippen molar-refractivity contribution in [1.29, 1.82) is 0 Å². The number of aromatic nitrogens is 5. The zero-order chi connectivity index (χ0) is 18.5. The van der Waals surface area contributed by atoms with E-state index in [9.17, 15) is 0 Å². The molecule has 5 rings (SSSR count). The topological polar surface area (TPSA) is 79.3 Å². The fourth-order valence-corrected chi connectivity index (χ4v) is 3.67. The van der Waals surface area contributed by atoms with Crippen LogP contribution in [0.1, 0.15) is 24.1 Å². The third-order valence-corrected chi connectivity index (χ3v) is 4.98. The molecule has 0 fully saturated rings. The SMILES string of the molecule is COCc1nnc2n1Cc1c(C3=NC[C@H](C)O3)ncn1-c1ccc(Cl)cc1-2. The number of benzene rings is 1. The molecule has 9 heteroatoms. The second-order valence-corrected chi connectivity index (χ2v) is 7.04. The number of hydrogen-bond acceptors (Lipinski definition) is 6. The van der Waals surface area contributed by atoms with Gasteiger partial charge in [-0.25, -0.2) is 9.98 Å². The standard InChI is InChI=1S/C18H17ClN6O2/c1-10-6-20-18(27-10)16-14-7-24-15(8-26-2)22-23-17(24)12-5-11(19)3-4-13(12)25(14)9-21-16/h3-5,9-10H,6-8H2,1-2H3/t10-/m0/s1. The Bertz CT molecular complexity index is 1070. The monoisotopic (exact) mass is 384 g/mol. The minimum Gasteiger partial charge on any atom is -0.471 e. The summed E-state index contributed by atoms with van der Waals surface area (Å²) < 4.78 is 15.2. The van der Waals surface area contributed by atoms with E-state index in [1.807, 2.05) is 34.3 Å². The van der Waals surface area contributed by atoms with Gasteiger partial charge in [0.1, 0.15) is 24.7 Å². The number of fused-ring (bicyclic) bond motifs is 5. The van der Waals surface area contributed by atoms with Crippen LogP contribution < -0.4 is 0 Å². The van der Waals surface area contributed by atoms with Crippen molar-refractivity contribution >= 4 is 17.5 Å². The van der Waals surface area contributed by atoms with Gasteiger partial charge in [0.05, 0.1) is 24.5 Å². The van der Waals surface area contributed by atoms with Gasteiger partial charge < -0.3 is 14.0 Å². The number of hydrogen-bond donors (Lipinski definition) is 0. The minimum absolute atomic E-state index is 0.0590. The van der Waals surface area contributed by atoms with Crippen LogP contribution in [-0.2, 0) is 22.6 Å². The van der Waals surface area contributed by atoms with Gasteiger partial charge in [0.25, 0.3) is 0 Å². The molecule has 2 aliphatic heterocycles. The molecule has 0 aliphatic carbocycles. The van der Waals surface area contributed by atoms with Crippen molar-refractivity contribution < 1.29 is 9.47 Å². The molecule has 0 radical (unpaired) electrons. The molecule has 2 aliphatic rings. The van der Waals surface area contributed by atoms with Gasteiger partial charge in [0, 0.05) is 17.7 Å². The summed E-state index contributed by atoms with van der Waals surface area (Å²) in [5, 5.41) is 9.34. The molecule has 138 valence electrons. The Morgan fingerprint density at radius 2 is 2.22 bits per heavy atom. The zero-order valence-corrected chi connectivity index (χ0v) is 15.6. The summed E-state index contributed by atoms with van der Waals surface area (Å²) in [5.74, 6) is 2.06. The number of rotatable bonds is 3. The largest absolute Gasteiger partial charge is 0.471 e. The van der Waals surface area contributed by atoms with Gasteiger partial charge in [-0.15, -0.1) is 10.2 Å². The van der Waals surface area contributed by atoms with E-state index in [-0.39, 0.29) is 6.10 Å². The van der Waals surface area contributed by atoms with Crippen molar-refractivity contribution in [2.45, 2.75) is 26.2 Å². The van der Waals surface area contributed by atoms with E-state index in [1.54, 1.807) is 13.4 Å². The average Bonchev–Trinajstić information content (AvgIpc) is 3.34. The first-order valence-electron chi connectivity index (χ1n) is 8.64. The van der Waals surface area contributed by atoms with E-state index < -0.39 is 0 Å². The van der Waals surface area contributed by atoms with Crippen molar-refractivity contribution in [2.75, 3.05) is 13.7 Å². The molecule has 0 saturated carbocycles. The van der Waals surface area contributed by atoms with Gasteiger partial charge in [-0.1, -0.05) is 11.6 Å². The molecule has 4 heterocycles. The van der Waals surface area contributed by atoms with Crippen molar-refractivity contribution in [3.8, 4) is 17.1 Å². The van der Waals surface area contributed by atoms with Gasteiger partial charge in [0.15, 0.2) is 11.6 Å². The first kappa shape index (κ1) is 16.5. The summed E-state index contributed by atoms with van der Waals surface area (Å²) >= 11 is 6.27. The van der Waals surface area contributed by atoms with Crippen LogP contribution in [0.4, 0.5) is 0 Å². The molecule has 0 amide bonds. The van der Waals surface area contributed by atoms with E-state index in [0.29, 0.717) is 30.6 Å². The predicted octanol–water partition coefficient (Wildman–Crippen LogP) is 2.46. The van der Waals surface area contributed by atoms with Gasteiger partial charge >= 0.3 is 0 Å². The van der Waals surface area contributed by atoms with Crippen LogP contribution in [0, 0.1) is 0 Å². The Labute approximate surface area is 160 Å². The maximum absolute atomic E-state index is 6.27. The highest BCUT2D eigenvalue weighted by Crippen LogP contribution is 2.34. The Morgan fingerprint density at radius 1 is 1.33 bits per heavy atom. The molecule has 0 unspecified atom stereocenters. The number of imidazole rings is 1. The van der Waals surface area contributed by atoms with Crippen LogP contribution in [0.5, 0.6) is 0 Å². The quantitative estimate of drug-likeness (QED) is 0.542. The smallest absolute Gasteiger partial charge is 0.237 e. The molecule has 0 spiro atoms. The summed E-state index contributed by atoms with van der Waals surface area (Å²) in [4.78, 5) is 9.10. The zero-order valence-electron chi connectivity index (χ0n) is 14.9.